The molecule has 0 bridgehead atoms. The van der Waals surface area contributed by atoms with E-state index in [2.05, 4.69) is 162 Å². The lowest BCUT2D eigenvalue weighted by atomic mass is 9.94. The fraction of sp³-hybridized carbons (Fsp3) is 0. The number of nitrogens with zero attached hydrogens (tertiary/aromatic N) is 4. The van der Waals surface area contributed by atoms with Gasteiger partial charge in [-0.05, 0) is 40.5 Å². The van der Waals surface area contributed by atoms with Gasteiger partial charge in [0.1, 0.15) is 5.82 Å². The molecule has 0 amide bonds. The van der Waals surface area contributed by atoms with Crippen molar-refractivity contribution in [2.45, 2.75) is 0 Å². The normalized spacial score (nSPS) is 11.5. The molecule has 9 aromatic rings. The largest absolute Gasteiger partial charge is 0.291 e. The molecule has 1 aliphatic rings. The second kappa shape index (κ2) is 11.9. The Morgan fingerprint density at radius 2 is 0.824 bits per heavy atom. The fourth-order valence-electron chi connectivity index (χ4n) is 7.33. The van der Waals surface area contributed by atoms with Crippen LogP contribution in [0, 0.1) is 0 Å². The minimum atomic E-state index is 0.680. The number of benzene rings is 7. The summed E-state index contributed by atoms with van der Waals surface area (Å²) in [4.78, 5) is 15.5. The van der Waals surface area contributed by atoms with E-state index in [9.17, 15) is 0 Å². The smallest absolute Gasteiger partial charge is 0.160 e. The van der Waals surface area contributed by atoms with Crippen LogP contribution in [0.1, 0.15) is 0 Å². The third kappa shape index (κ3) is 4.96. The summed E-state index contributed by atoms with van der Waals surface area (Å²) in [7, 11) is 0. The summed E-state index contributed by atoms with van der Waals surface area (Å²) >= 11 is 0. The van der Waals surface area contributed by atoms with Gasteiger partial charge >= 0.3 is 0 Å². The van der Waals surface area contributed by atoms with Crippen molar-refractivity contribution in [3.05, 3.63) is 182 Å². The molecular weight excluding hydrogens is 621 g/mol. The molecule has 10 rings (SSSR count). The molecule has 0 unspecified atom stereocenters. The average Bonchev–Trinajstić information content (AvgIpc) is 3.56. The first-order valence-electron chi connectivity index (χ1n) is 17.2. The van der Waals surface area contributed by atoms with E-state index in [4.69, 9.17) is 15.0 Å². The van der Waals surface area contributed by atoms with Crippen molar-refractivity contribution in [3.8, 4) is 84.4 Å². The third-order valence-corrected chi connectivity index (χ3v) is 9.81. The Bertz CT molecular complexity index is 2710. The predicted octanol–water partition coefficient (Wildman–Crippen LogP) is 11.8. The molecule has 3 heterocycles. The summed E-state index contributed by atoms with van der Waals surface area (Å²) < 4.78 is 2.33. The molecule has 1 aliphatic heterocycles. The Hall–Kier alpha value is -6.91. The maximum Gasteiger partial charge on any atom is 0.160 e. The van der Waals surface area contributed by atoms with E-state index in [-0.39, 0.29) is 0 Å². The average molecular weight is 651 g/mol. The van der Waals surface area contributed by atoms with Crippen LogP contribution in [0.5, 0.6) is 0 Å². The third-order valence-electron chi connectivity index (χ3n) is 9.81. The summed E-state index contributed by atoms with van der Waals surface area (Å²) in [6, 6.07) is 63.7. The van der Waals surface area contributed by atoms with Crippen molar-refractivity contribution < 1.29 is 0 Å². The number of para-hydroxylation sites is 2. The lowest BCUT2D eigenvalue weighted by Gasteiger charge is -2.13. The minimum absolute atomic E-state index is 0.680. The molecular formula is C47H30N4. The highest BCUT2D eigenvalue weighted by atomic mass is 15.1. The van der Waals surface area contributed by atoms with Gasteiger partial charge in [0.15, 0.2) is 5.82 Å². The fourth-order valence-corrected chi connectivity index (χ4v) is 7.33. The van der Waals surface area contributed by atoms with E-state index >= 15 is 0 Å². The Kier molecular flexibility index (Phi) is 6.78. The molecule has 4 heteroatoms. The van der Waals surface area contributed by atoms with Gasteiger partial charge in [0, 0.05) is 33.4 Å². The Morgan fingerprint density at radius 1 is 0.333 bits per heavy atom. The van der Waals surface area contributed by atoms with Crippen LogP contribution in [0.25, 0.3) is 95.4 Å². The van der Waals surface area contributed by atoms with Crippen molar-refractivity contribution in [1.82, 2.24) is 19.5 Å². The topological polar surface area (TPSA) is 43.6 Å². The van der Waals surface area contributed by atoms with Gasteiger partial charge in [-0.25, -0.2) is 15.0 Å². The number of hydrogen-bond donors (Lipinski definition) is 0. The number of fused-ring (bicyclic) bond motifs is 5. The molecule has 0 saturated heterocycles. The number of rotatable bonds is 5. The maximum atomic E-state index is 5.24. The lowest BCUT2D eigenvalue weighted by Crippen LogP contribution is -1.99. The first-order valence-corrected chi connectivity index (χ1v) is 17.2. The molecule has 2 aromatic heterocycles. The van der Waals surface area contributed by atoms with E-state index in [1.807, 2.05) is 24.3 Å². The van der Waals surface area contributed by atoms with Gasteiger partial charge in [-0.2, -0.15) is 0 Å². The SMILES string of the molecule is c1ccc(-c2ccc(-c3cc(-c4ccccc4)nc(-c4ccc(-c5nc6cccc7c6n5-c5ccccc5-c5ccccc5-7)cc4)n3)cc2)cc1. The molecule has 4 nitrogen and oxygen atoms in total. The number of hydrogen-bond acceptors (Lipinski definition) is 3. The summed E-state index contributed by atoms with van der Waals surface area (Å²) in [6.45, 7) is 0. The molecule has 0 spiro atoms. The highest BCUT2D eigenvalue weighted by molar-refractivity contribution is 6.03. The quantitative estimate of drug-likeness (QED) is 0.186. The Morgan fingerprint density at radius 3 is 1.53 bits per heavy atom. The van der Waals surface area contributed by atoms with Crippen LogP contribution in [0.4, 0.5) is 0 Å². The minimum Gasteiger partial charge on any atom is -0.291 e. The van der Waals surface area contributed by atoms with Gasteiger partial charge in [0.05, 0.1) is 28.1 Å². The van der Waals surface area contributed by atoms with Crippen molar-refractivity contribution >= 4 is 11.0 Å². The predicted molar refractivity (Wildman–Crippen MR) is 208 cm³/mol. The highest BCUT2D eigenvalue weighted by Crippen LogP contribution is 2.45. The second-order valence-corrected chi connectivity index (χ2v) is 12.9. The van der Waals surface area contributed by atoms with Crippen LogP contribution in [0.3, 0.4) is 0 Å². The van der Waals surface area contributed by atoms with Crippen LogP contribution >= 0.6 is 0 Å². The standard InChI is InChI=1S/C47H30N4/c1-3-12-31(13-4-1)32-22-24-34(25-23-32)43-30-42(33-14-5-2-6-15-33)48-46(49-43)35-26-28-36(29-27-35)47-50-41-20-11-19-40-38-17-8-7-16-37(38)39-18-9-10-21-44(39)51(47)45(40)41/h1-30H. The molecule has 0 saturated carbocycles. The zero-order valence-corrected chi connectivity index (χ0v) is 27.6. The van der Waals surface area contributed by atoms with Gasteiger partial charge in [0.2, 0.25) is 0 Å². The van der Waals surface area contributed by atoms with Crippen molar-refractivity contribution in [1.29, 1.82) is 0 Å². The van der Waals surface area contributed by atoms with Crippen LogP contribution < -0.4 is 0 Å². The summed E-state index contributed by atoms with van der Waals surface area (Å²) in [5.74, 6) is 1.59. The monoisotopic (exact) mass is 650 g/mol. The summed E-state index contributed by atoms with van der Waals surface area (Å²) in [5.41, 5.74) is 16.2. The first-order chi connectivity index (χ1) is 25.3. The molecule has 0 aliphatic carbocycles. The zero-order valence-electron chi connectivity index (χ0n) is 27.6. The van der Waals surface area contributed by atoms with Crippen LogP contribution in [-0.4, -0.2) is 19.5 Å². The van der Waals surface area contributed by atoms with Crippen LogP contribution in [0.15, 0.2) is 182 Å². The van der Waals surface area contributed by atoms with E-state index in [1.165, 1.54) is 33.4 Å². The van der Waals surface area contributed by atoms with Crippen molar-refractivity contribution in [2.24, 2.45) is 0 Å². The molecule has 0 radical (unpaired) electrons. The molecule has 0 N–H and O–H groups in total. The Labute approximate surface area is 296 Å². The van der Waals surface area contributed by atoms with Gasteiger partial charge in [0.25, 0.3) is 0 Å². The van der Waals surface area contributed by atoms with Gasteiger partial charge in [-0.15, -0.1) is 0 Å². The lowest BCUT2D eigenvalue weighted by molar-refractivity contribution is 1.11. The highest BCUT2D eigenvalue weighted by Gasteiger charge is 2.25. The van der Waals surface area contributed by atoms with Crippen LogP contribution in [-0.2, 0) is 0 Å². The molecule has 51 heavy (non-hydrogen) atoms. The second-order valence-electron chi connectivity index (χ2n) is 12.9. The molecule has 238 valence electrons. The van der Waals surface area contributed by atoms with E-state index in [1.54, 1.807) is 0 Å². The molecule has 0 atom stereocenters. The van der Waals surface area contributed by atoms with Crippen LogP contribution in [0.2, 0.25) is 0 Å². The number of imidazole rings is 1. The van der Waals surface area contributed by atoms with Crippen molar-refractivity contribution in [3.63, 3.8) is 0 Å². The van der Waals surface area contributed by atoms with Gasteiger partial charge in [-0.3, -0.25) is 4.57 Å². The summed E-state index contributed by atoms with van der Waals surface area (Å²) in [6.07, 6.45) is 0. The molecule has 0 fully saturated rings. The maximum absolute atomic E-state index is 5.24. The Balaban J connectivity index is 1.09. The first kappa shape index (κ1) is 29.0. The zero-order chi connectivity index (χ0) is 33.7. The van der Waals surface area contributed by atoms with E-state index in [0.29, 0.717) is 5.82 Å². The van der Waals surface area contributed by atoms with Gasteiger partial charge in [-0.1, -0.05) is 164 Å². The van der Waals surface area contributed by atoms with Crippen molar-refractivity contribution in [2.75, 3.05) is 0 Å². The molecule has 7 aromatic carbocycles. The van der Waals surface area contributed by atoms with E-state index < -0.39 is 0 Å². The van der Waals surface area contributed by atoms with E-state index in [0.717, 1.165) is 56.2 Å². The summed E-state index contributed by atoms with van der Waals surface area (Å²) in [5, 5.41) is 0. The van der Waals surface area contributed by atoms with Gasteiger partial charge < -0.3 is 0 Å². The number of aromatic nitrogens is 4.